The number of halogens is 2. The van der Waals surface area contributed by atoms with E-state index in [-0.39, 0.29) is 42.7 Å². The van der Waals surface area contributed by atoms with E-state index in [0.717, 1.165) is 25.7 Å². The Kier molecular flexibility index (Phi) is 7.58. The SMILES string of the molecule is COc1ccncc1NC(=O)C1CC2CCCC(C1)C2N.Cl.Cl. The van der Waals surface area contributed by atoms with Crippen molar-refractivity contribution in [2.24, 2.45) is 23.5 Å². The van der Waals surface area contributed by atoms with Gasteiger partial charge in [-0.3, -0.25) is 9.78 Å². The molecule has 2 bridgehead atoms. The number of nitrogens with one attached hydrogen (secondary N) is 1. The summed E-state index contributed by atoms with van der Waals surface area (Å²) < 4.78 is 5.25. The van der Waals surface area contributed by atoms with E-state index in [1.807, 2.05) is 0 Å². The minimum absolute atomic E-state index is 0. The quantitative estimate of drug-likeness (QED) is 0.867. The van der Waals surface area contributed by atoms with Gasteiger partial charge in [0, 0.05) is 24.2 Å². The minimum atomic E-state index is 0. The van der Waals surface area contributed by atoms with Crippen LogP contribution in [0.15, 0.2) is 18.5 Å². The maximum atomic E-state index is 12.5. The number of carbonyl (C=O) groups excluding carboxylic acids is 1. The van der Waals surface area contributed by atoms with Crippen LogP contribution < -0.4 is 15.8 Å². The second kappa shape index (κ2) is 8.71. The fourth-order valence-electron chi connectivity index (χ4n) is 3.89. The highest BCUT2D eigenvalue weighted by molar-refractivity contribution is 5.93. The van der Waals surface area contributed by atoms with Crippen LogP contribution in [-0.4, -0.2) is 24.0 Å². The third-order valence-electron chi connectivity index (χ3n) is 5.04. The van der Waals surface area contributed by atoms with Gasteiger partial charge in [-0.1, -0.05) is 6.42 Å². The molecule has 0 aromatic carbocycles. The van der Waals surface area contributed by atoms with Crippen molar-refractivity contribution in [2.45, 2.75) is 38.1 Å². The van der Waals surface area contributed by atoms with Gasteiger partial charge in [0.25, 0.3) is 0 Å². The third-order valence-corrected chi connectivity index (χ3v) is 5.04. The van der Waals surface area contributed by atoms with E-state index in [2.05, 4.69) is 10.3 Å². The zero-order chi connectivity index (χ0) is 14.8. The molecule has 2 aliphatic carbocycles. The summed E-state index contributed by atoms with van der Waals surface area (Å²) in [5, 5.41) is 2.97. The topological polar surface area (TPSA) is 77.2 Å². The van der Waals surface area contributed by atoms with E-state index in [0.29, 0.717) is 23.3 Å². The van der Waals surface area contributed by atoms with Gasteiger partial charge in [0.15, 0.2) is 0 Å². The molecule has 5 nitrogen and oxygen atoms in total. The number of methoxy groups -OCH3 is 1. The number of carbonyl (C=O) groups is 1. The van der Waals surface area contributed by atoms with Crippen molar-refractivity contribution < 1.29 is 9.53 Å². The number of amides is 1. The van der Waals surface area contributed by atoms with Crippen LogP contribution in [0.1, 0.15) is 32.1 Å². The Morgan fingerprint density at radius 3 is 2.57 bits per heavy atom. The van der Waals surface area contributed by atoms with Gasteiger partial charge < -0.3 is 15.8 Å². The summed E-state index contributed by atoms with van der Waals surface area (Å²) in [4.78, 5) is 16.6. The molecule has 1 amide bonds. The Morgan fingerprint density at radius 1 is 1.30 bits per heavy atom. The molecule has 23 heavy (non-hydrogen) atoms. The van der Waals surface area contributed by atoms with Gasteiger partial charge in [0.2, 0.25) is 5.91 Å². The van der Waals surface area contributed by atoms with Gasteiger partial charge in [-0.05, 0) is 37.5 Å². The van der Waals surface area contributed by atoms with Crippen LogP contribution in [0.5, 0.6) is 5.75 Å². The number of nitrogens with two attached hydrogens (primary N) is 1. The van der Waals surface area contributed by atoms with Crippen molar-refractivity contribution in [3.8, 4) is 5.75 Å². The molecule has 2 fully saturated rings. The number of hydrogen-bond acceptors (Lipinski definition) is 4. The monoisotopic (exact) mass is 361 g/mol. The fourth-order valence-corrected chi connectivity index (χ4v) is 3.89. The van der Waals surface area contributed by atoms with Gasteiger partial charge >= 0.3 is 0 Å². The van der Waals surface area contributed by atoms with Gasteiger partial charge in [-0.15, -0.1) is 24.8 Å². The normalized spacial score (nSPS) is 28.8. The van der Waals surface area contributed by atoms with Crippen LogP contribution in [0.4, 0.5) is 5.69 Å². The molecule has 3 N–H and O–H groups in total. The van der Waals surface area contributed by atoms with Crippen molar-refractivity contribution in [3.63, 3.8) is 0 Å². The summed E-state index contributed by atoms with van der Waals surface area (Å²) in [6.07, 6.45) is 8.69. The van der Waals surface area contributed by atoms with Crippen molar-refractivity contribution in [1.82, 2.24) is 4.98 Å². The molecule has 1 aromatic heterocycles. The van der Waals surface area contributed by atoms with Gasteiger partial charge in [-0.2, -0.15) is 0 Å². The Hall–Kier alpha value is -1.04. The second-order valence-corrected chi connectivity index (χ2v) is 6.26. The number of hydrogen-bond donors (Lipinski definition) is 2. The van der Waals surface area contributed by atoms with Crippen molar-refractivity contribution in [3.05, 3.63) is 18.5 Å². The molecule has 0 spiro atoms. The van der Waals surface area contributed by atoms with E-state index in [4.69, 9.17) is 10.5 Å². The molecule has 2 atom stereocenters. The standard InChI is InChI=1S/C16H23N3O2.2ClH/c1-21-14-5-6-18-9-13(14)19-16(20)12-7-10-3-2-4-11(8-12)15(10)17;;/h5-6,9-12,15H,2-4,7-8,17H2,1H3,(H,19,20);2*1H. The molecule has 2 unspecified atom stereocenters. The first kappa shape index (κ1) is 20.0. The maximum absolute atomic E-state index is 12.5. The van der Waals surface area contributed by atoms with E-state index >= 15 is 0 Å². The van der Waals surface area contributed by atoms with E-state index < -0.39 is 0 Å². The summed E-state index contributed by atoms with van der Waals surface area (Å²) in [6.45, 7) is 0. The Bertz CT molecular complexity index is 516. The Balaban J connectivity index is 0.00000132. The molecule has 0 saturated heterocycles. The third kappa shape index (κ3) is 4.28. The first-order valence-electron chi connectivity index (χ1n) is 7.73. The van der Waals surface area contributed by atoms with E-state index in [1.54, 1.807) is 25.6 Å². The number of pyridine rings is 1. The number of ether oxygens (including phenoxy) is 1. The molecule has 7 heteroatoms. The Labute approximate surface area is 149 Å². The van der Waals surface area contributed by atoms with Crippen molar-refractivity contribution in [1.29, 1.82) is 0 Å². The van der Waals surface area contributed by atoms with Gasteiger partial charge in [-0.25, -0.2) is 0 Å². The van der Waals surface area contributed by atoms with Crippen LogP contribution in [0.25, 0.3) is 0 Å². The highest BCUT2D eigenvalue weighted by Crippen LogP contribution is 2.42. The van der Waals surface area contributed by atoms with Gasteiger partial charge in [0.05, 0.1) is 13.3 Å². The molecule has 2 aliphatic rings. The molecule has 1 aromatic rings. The zero-order valence-corrected chi connectivity index (χ0v) is 14.9. The van der Waals surface area contributed by atoms with Gasteiger partial charge in [0.1, 0.15) is 11.4 Å². The van der Waals surface area contributed by atoms with Crippen LogP contribution in [0.3, 0.4) is 0 Å². The minimum Gasteiger partial charge on any atom is -0.494 e. The molecular formula is C16H25Cl2N3O2. The van der Waals surface area contributed by atoms with E-state index in [9.17, 15) is 4.79 Å². The van der Waals surface area contributed by atoms with Crippen molar-refractivity contribution in [2.75, 3.05) is 12.4 Å². The number of rotatable bonds is 3. The van der Waals surface area contributed by atoms with Crippen LogP contribution in [0.2, 0.25) is 0 Å². The predicted molar refractivity (Wildman–Crippen MR) is 95.4 cm³/mol. The summed E-state index contributed by atoms with van der Waals surface area (Å²) in [7, 11) is 1.59. The predicted octanol–water partition coefficient (Wildman–Crippen LogP) is 3.03. The molecule has 2 saturated carbocycles. The smallest absolute Gasteiger partial charge is 0.227 e. The maximum Gasteiger partial charge on any atom is 0.227 e. The largest absolute Gasteiger partial charge is 0.494 e. The number of nitrogens with zero attached hydrogens (tertiary/aromatic N) is 1. The number of anilines is 1. The first-order valence-corrected chi connectivity index (χ1v) is 7.73. The lowest BCUT2D eigenvalue weighted by atomic mass is 9.65. The average molecular weight is 362 g/mol. The lowest BCUT2D eigenvalue weighted by molar-refractivity contribution is -0.122. The summed E-state index contributed by atoms with van der Waals surface area (Å²) in [5.41, 5.74) is 6.93. The fraction of sp³-hybridized carbons (Fsp3) is 0.625. The second-order valence-electron chi connectivity index (χ2n) is 6.26. The molecule has 1 heterocycles. The molecule has 3 rings (SSSR count). The highest BCUT2D eigenvalue weighted by Gasteiger charge is 2.40. The summed E-state index contributed by atoms with van der Waals surface area (Å²) in [6, 6.07) is 2.04. The van der Waals surface area contributed by atoms with Crippen LogP contribution in [0, 0.1) is 17.8 Å². The first-order chi connectivity index (χ1) is 10.2. The highest BCUT2D eigenvalue weighted by atomic mass is 35.5. The van der Waals surface area contributed by atoms with E-state index in [1.165, 1.54) is 6.42 Å². The molecular weight excluding hydrogens is 337 g/mol. The zero-order valence-electron chi connectivity index (χ0n) is 13.2. The Morgan fingerprint density at radius 2 is 1.96 bits per heavy atom. The van der Waals surface area contributed by atoms with Crippen LogP contribution in [-0.2, 0) is 4.79 Å². The molecule has 0 aliphatic heterocycles. The lowest BCUT2D eigenvalue weighted by Crippen LogP contribution is -2.48. The lowest BCUT2D eigenvalue weighted by Gasteiger charge is -2.43. The average Bonchev–Trinajstić information content (AvgIpc) is 2.47. The number of aromatic nitrogens is 1. The summed E-state index contributed by atoms with van der Waals surface area (Å²) in [5.74, 6) is 1.79. The number of fused-ring (bicyclic) bond motifs is 2. The molecule has 130 valence electrons. The molecule has 0 radical (unpaired) electrons. The summed E-state index contributed by atoms with van der Waals surface area (Å²) >= 11 is 0. The van der Waals surface area contributed by atoms with Crippen molar-refractivity contribution >= 4 is 36.4 Å². The van der Waals surface area contributed by atoms with Crippen LogP contribution >= 0.6 is 24.8 Å².